The third-order valence-corrected chi connectivity index (χ3v) is 2.70. The van der Waals surface area contributed by atoms with Gasteiger partial charge < -0.3 is 10.4 Å². The van der Waals surface area contributed by atoms with Crippen molar-refractivity contribution in [3.05, 3.63) is 47.0 Å². The lowest BCUT2D eigenvalue weighted by molar-refractivity contribution is 0.0945. The number of aromatic nitrogens is 3. The molecule has 2 heterocycles. The number of amides is 1. The fraction of sp³-hybridized carbons (Fsp3) is 0.214. The van der Waals surface area contributed by atoms with Crippen molar-refractivity contribution in [2.75, 3.05) is 6.61 Å². The zero-order valence-electron chi connectivity index (χ0n) is 11.0. The first kappa shape index (κ1) is 13.8. The van der Waals surface area contributed by atoms with E-state index in [4.69, 9.17) is 5.11 Å². The van der Waals surface area contributed by atoms with E-state index < -0.39 is 0 Å². The van der Waals surface area contributed by atoms with Crippen LogP contribution >= 0.6 is 0 Å². The van der Waals surface area contributed by atoms with Gasteiger partial charge in [0, 0.05) is 24.0 Å². The van der Waals surface area contributed by atoms with Crippen LogP contribution in [-0.4, -0.2) is 32.8 Å². The third-order valence-electron chi connectivity index (χ3n) is 2.70. The topological polar surface area (TPSA) is 90.9 Å². The maximum absolute atomic E-state index is 12.1. The normalized spacial score (nSPS) is 9.70. The number of pyridine rings is 1. The Balaban J connectivity index is 2.11. The molecule has 0 aliphatic carbocycles. The molecule has 0 aliphatic rings. The van der Waals surface area contributed by atoms with Crippen molar-refractivity contribution in [2.24, 2.45) is 0 Å². The van der Waals surface area contributed by atoms with Crippen molar-refractivity contribution in [1.82, 2.24) is 20.5 Å². The highest BCUT2D eigenvalue weighted by molar-refractivity contribution is 5.94. The fourth-order valence-corrected chi connectivity index (χ4v) is 1.63. The van der Waals surface area contributed by atoms with Crippen LogP contribution in [0.5, 0.6) is 0 Å². The number of aryl methyl sites for hydroxylation is 1. The molecule has 0 radical (unpaired) electrons. The fourth-order valence-electron chi connectivity index (χ4n) is 1.63. The number of rotatable bonds is 3. The zero-order valence-corrected chi connectivity index (χ0v) is 11.0. The molecule has 2 aromatic rings. The largest absolute Gasteiger partial charge is 0.384 e. The summed E-state index contributed by atoms with van der Waals surface area (Å²) >= 11 is 0. The first-order valence-corrected chi connectivity index (χ1v) is 6.04. The Morgan fingerprint density at radius 3 is 3.10 bits per heavy atom. The van der Waals surface area contributed by atoms with Gasteiger partial charge in [-0.25, -0.2) is 4.98 Å². The summed E-state index contributed by atoms with van der Waals surface area (Å²) in [4.78, 5) is 16.1. The number of carbonyl (C=O) groups is 1. The standard InChI is InChI=1S/C14H14N4O2/c1-10-12(9-17-18-10)8-16-14(20)13-11(5-3-7-19)4-2-6-15-13/h2,4,6,9,19H,7-8H2,1H3,(H,16,20)(H,17,18). The summed E-state index contributed by atoms with van der Waals surface area (Å²) in [6, 6.07) is 3.38. The average molecular weight is 270 g/mol. The van der Waals surface area contributed by atoms with Gasteiger partial charge in [-0.2, -0.15) is 5.10 Å². The molecule has 6 nitrogen and oxygen atoms in total. The Bertz CT molecular complexity index is 667. The molecule has 0 saturated heterocycles. The summed E-state index contributed by atoms with van der Waals surface area (Å²) in [6.45, 7) is 1.99. The molecule has 2 aromatic heterocycles. The molecule has 0 aliphatic heterocycles. The number of nitrogens with one attached hydrogen (secondary N) is 2. The van der Waals surface area contributed by atoms with Gasteiger partial charge in [-0.3, -0.25) is 9.89 Å². The predicted octanol–water partition coefficient (Wildman–Crippen LogP) is 0.387. The molecule has 0 unspecified atom stereocenters. The molecular weight excluding hydrogens is 256 g/mol. The Hall–Kier alpha value is -2.65. The van der Waals surface area contributed by atoms with E-state index in [-0.39, 0.29) is 18.2 Å². The van der Waals surface area contributed by atoms with Gasteiger partial charge in [0.25, 0.3) is 5.91 Å². The summed E-state index contributed by atoms with van der Waals surface area (Å²) in [5.74, 6) is 4.90. The number of carbonyl (C=O) groups excluding carboxylic acids is 1. The second kappa shape index (κ2) is 6.50. The molecule has 0 atom stereocenters. The van der Waals surface area contributed by atoms with Gasteiger partial charge in [0.2, 0.25) is 0 Å². The summed E-state index contributed by atoms with van der Waals surface area (Å²) in [7, 11) is 0. The lowest BCUT2D eigenvalue weighted by atomic mass is 10.2. The number of aliphatic hydroxyl groups is 1. The summed E-state index contributed by atoms with van der Waals surface area (Å²) in [5, 5.41) is 18.2. The van der Waals surface area contributed by atoms with E-state index in [0.29, 0.717) is 12.1 Å². The van der Waals surface area contributed by atoms with E-state index in [1.54, 1.807) is 18.3 Å². The van der Waals surface area contributed by atoms with Gasteiger partial charge in [0.1, 0.15) is 12.3 Å². The quantitative estimate of drug-likeness (QED) is 0.703. The van der Waals surface area contributed by atoms with Gasteiger partial charge in [0.15, 0.2) is 0 Å². The predicted molar refractivity (Wildman–Crippen MR) is 72.7 cm³/mol. The third kappa shape index (κ3) is 3.22. The van der Waals surface area contributed by atoms with Crippen LogP contribution in [-0.2, 0) is 6.54 Å². The SMILES string of the molecule is Cc1[nH]ncc1CNC(=O)c1ncccc1C#CCO. The number of hydrogen-bond acceptors (Lipinski definition) is 4. The highest BCUT2D eigenvalue weighted by Crippen LogP contribution is 2.05. The van der Waals surface area contributed by atoms with Crippen LogP contribution in [0.2, 0.25) is 0 Å². The van der Waals surface area contributed by atoms with Crippen LogP contribution in [0, 0.1) is 18.8 Å². The zero-order chi connectivity index (χ0) is 14.4. The minimum Gasteiger partial charge on any atom is -0.384 e. The molecule has 0 aromatic carbocycles. The van der Waals surface area contributed by atoms with Crippen LogP contribution in [0.15, 0.2) is 24.5 Å². The van der Waals surface area contributed by atoms with E-state index >= 15 is 0 Å². The summed E-state index contributed by atoms with van der Waals surface area (Å²) in [5.41, 5.74) is 2.56. The first-order chi connectivity index (χ1) is 9.72. The molecule has 0 spiro atoms. The average Bonchev–Trinajstić information content (AvgIpc) is 2.88. The maximum Gasteiger partial charge on any atom is 0.271 e. The first-order valence-electron chi connectivity index (χ1n) is 6.04. The minimum absolute atomic E-state index is 0.245. The van der Waals surface area contributed by atoms with E-state index in [9.17, 15) is 4.79 Å². The number of hydrogen-bond donors (Lipinski definition) is 3. The molecule has 1 amide bonds. The molecular formula is C14H14N4O2. The van der Waals surface area contributed by atoms with Crippen molar-refractivity contribution in [3.63, 3.8) is 0 Å². The van der Waals surface area contributed by atoms with E-state index in [1.165, 1.54) is 6.20 Å². The van der Waals surface area contributed by atoms with Gasteiger partial charge in [-0.1, -0.05) is 11.8 Å². The Morgan fingerprint density at radius 1 is 1.55 bits per heavy atom. The summed E-state index contributed by atoms with van der Waals surface area (Å²) < 4.78 is 0. The van der Waals surface area contributed by atoms with Crippen molar-refractivity contribution < 1.29 is 9.90 Å². The van der Waals surface area contributed by atoms with E-state index in [1.807, 2.05) is 6.92 Å². The smallest absolute Gasteiger partial charge is 0.271 e. The maximum atomic E-state index is 12.1. The highest BCUT2D eigenvalue weighted by atomic mass is 16.2. The molecule has 2 rings (SSSR count). The number of aromatic amines is 1. The van der Waals surface area contributed by atoms with Crippen LogP contribution in [0.4, 0.5) is 0 Å². The van der Waals surface area contributed by atoms with Crippen molar-refractivity contribution in [3.8, 4) is 11.8 Å². The summed E-state index contributed by atoms with van der Waals surface area (Å²) in [6.07, 6.45) is 3.20. The number of aliphatic hydroxyl groups excluding tert-OH is 1. The van der Waals surface area contributed by atoms with Crippen LogP contribution in [0.25, 0.3) is 0 Å². The molecule has 102 valence electrons. The molecule has 0 fully saturated rings. The van der Waals surface area contributed by atoms with Crippen molar-refractivity contribution >= 4 is 5.91 Å². The Morgan fingerprint density at radius 2 is 2.40 bits per heavy atom. The van der Waals surface area contributed by atoms with E-state index in [2.05, 4.69) is 32.3 Å². The second-order valence-electron chi connectivity index (χ2n) is 4.06. The molecule has 0 saturated carbocycles. The number of nitrogens with zero attached hydrogens (tertiary/aromatic N) is 2. The van der Waals surface area contributed by atoms with Crippen LogP contribution < -0.4 is 5.32 Å². The lowest BCUT2D eigenvalue weighted by Crippen LogP contribution is -2.24. The minimum atomic E-state index is -0.312. The second-order valence-corrected chi connectivity index (χ2v) is 4.06. The molecule has 20 heavy (non-hydrogen) atoms. The van der Waals surface area contributed by atoms with Gasteiger partial charge in [0.05, 0.1) is 11.8 Å². The lowest BCUT2D eigenvalue weighted by Gasteiger charge is -2.05. The van der Waals surface area contributed by atoms with E-state index in [0.717, 1.165) is 11.3 Å². The van der Waals surface area contributed by atoms with Gasteiger partial charge in [-0.05, 0) is 19.1 Å². The molecule has 6 heteroatoms. The monoisotopic (exact) mass is 270 g/mol. The van der Waals surface area contributed by atoms with Crippen LogP contribution in [0.3, 0.4) is 0 Å². The highest BCUT2D eigenvalue weighted by Gasteiger charge is 2.11. The van der Waals surface area contributed by atoms with Crippen LogP contribution in [0.1, 0.15) is 27.3 Å². The van der Waals surface area contributed by atoms with Gasteiger partial charge in [-0.15, -0.1) is 0 Å². The molecule has 0 bridgehead atoms. The Labute approximate surface area is 116 Å². The van der Waals surface area contributed by atoms with Crippen molar-refractivity contribution in [2.45, 2.75) is 13.5 Å². The number of H-pyrrole nitrogens is 1. The molecule has 3 N–H and O–H groups in total. The van der Waals surface area contributed by atoms with Crippen molar-refractivity contribution in [1.29, 1.82) is 0 Å². The Kier molecular flexibility index (Phi) is 4.47. The van der Waals surface area contributed by atoms with Gasteiger partial charge >= 0.3 is 0 Å².